The maximum atomic E-state index is 14.0. The molecule has 3 N–H and O–H groups in total. The minimum absolute atomic E-state index is 0.281. The number of aliphatic hydroxyl groups excluding tert-OH is 1. The number of benzene rings is 2. The molecule has 0 radical (unpaired) electrons. The normalized spacial score (nSPS) is 20.2. The van der Waals surface area contributed by atoms with Crippen molar-refractivity contribution in [2.45, 2.75) is 18.9 Å². The van der Waals surface area contributed by atoms with E-state index in [2.05, 4.69) is 0 Å². The number of aliphatic hydroxyl groups is 1. The van der Waals surface area contributed by atoms with Crippen LogP contribution in [0.1, 0.15) is 12.0 Å². The molecule has 3 rings (SSSR count). The molecule has 2 unspecified atom stereocenters. The zero-order valence-corrected chi connectivity index (χ0v) is 14.7. The molecule has 6 heteroatoms. The average molecular weight is 376 g/mol. The first-order valence-corrected chi connectivity index (χ1v) is 8.61. The number of nitrogens with two attached hydrogens (primary N) is 1. The Balaban J connectivity index is 1.70. The fourth-order valence-electron chi connectivity index (χ4n) is 3.13. The van der Waals surface area contributed by atoms with Crippen LogP contribution in [0.4, 0.5) is 4.39 Å². The highest BCUT2D eigenvalue weighted by atomic mass is 35.5. The molecule has 4 nitrogen and oxygen atoms in total. The number of rotatable bonds is 6. The lowest BCUT2D eigenvalue weighted by atomic mass is 9.82. The fraction of sp³-hybridized carbons (Fsp3) is 0.250. The number of hydrogen-bond acceptors (Lipinski definition) is 4. The van der Waals surface area contributed by atoms with Crippen molar-refractivity contribution in [3.63, 3.8) is 0 Å². The van der Waals surface area contributed by atoms with Gasteiger partial charge in [0.2, 0.25) is 0 Å². The third-order valence-electron chi connectivity index (χ3n) is 4.57. The maximum Gasteiger partial charge on any atom is 0.323 e. The number of esters is 1. The van der Waals surface area contributed by atoms with Gasteiger partial charge in [-0.2, -0.15) is 0 Å². The van der Waals surface area contributed by atoms with Gasteiger partial charge in [0.05, 0.1) is 12.9 Å². The van der Waals surface area contributed by atoms with Gasteiger partial charge in [-0.1, -0.05) is 35.9 Å². The molecular weight excluding hydrogens is 357 g/mol. The van der Waals surface area contributed by atoms with Crippen LogP contribution in [0.2, 0.25) is 5.02 Å². The van der Waals surface area contributed by atoms with Crippen molar-refractivity contribution in [3.8, 4) is 11.1 Å². The Morgan fingerprint density at radius 3 is 2.58 bits per heavy atom. The lowest BCUT2D eigenvalue weighted by Gasteiger charge is -2.24. The first-order chi connectivity index (χ1) is 12.4. The van der Waals surface area contributed by atoms with Crippen LogP contribution >= 0.6 is 11.6 Å². The Morgan fingerprint density at radius 2 is 1.96 bits per heavy atom. The zero-order valence-electron chi connectivity index (χ0n) is 14.0. The van der Waals surface area contributed by atoms with Crippen LogP contribution in [0.5, 0.6) is 0 Å². The second-order valence-electron chi connectivity index (χ2n) is 6.51. The Kier molecular flexibility index (Phi) is 5.41. The van der Waals surface area contributed by atoms with Gasteiger partial charge in [-0.3, -0.25) is 4.79 Å². The summed E-state index contributed by atoms with van der Waals surface area (Å²) in [6.45, 7) is -0.344. The van der Waals surface area contributed by atoms with Crippen LogP contribution in [-0.2, 0) is 16.0 Å². The third-order valence-corrected chi connectivity index (χ3v) is 4.80. The van der Waals surface area contributed by atoms with Crippen LogP contribution in [0, 0.1) is 11.2 Å². The molecule has 0 saturated heterocycles. The number of ether oxygens (including phenoxy) is 1. The molecule has 26 heavy (non-hydrogen) atoms. The lowest BCUT2D eigenvalue weighted by Crippen LogP contribution is -2.38. The molecule has 2 aromatic rings. The van der Waals surface area contributed by atoms with Gasteiger partial charge in [0.15, 0.2) is 0 Å². The summed E-state index contributed by atoms with van der Waals surface area (Å²) < 4.78 is 18.8. The fourth-order valence-corrected chi connectivity index (χ4v) is 3.30. The third kappa shape index (κ3) is 3.80. The predicted octanol–water partition coefficient (Wildman–Crippen LogP) is 3.46. The molecule has 0 amide bonds. The molecule has 0 bridgehead atoms. The summed E-state index contributed by atoms with van der Waals surface area (Å²) >= 11 is 5.94. The standard InChI is InChI=1S/C20H19ClFNO3/c21-15-5-6-18(22)17(10-15)14-3-1-13(2-4-14)9-16(23)11-20(12-24)7-8-26-19(20)25/h1-8,10,16,24H,9,11-12,23H2. The summed E-state index contributed by atoms with van der Waals surface area (Å²) in [5.74, 6) is -0.822. The summed E-state index contributed by atoms with van der Waals surface area (Å²) in [7, 11) is 0. The lowest BCUT2D eigenvalue weighted by molar-refractivity contribution is -0.146. The minimum Gasteiger partial charge on any atom is -0.434 e. The van der Waals surface area contributed by atoms with E-state index >= 15 is 0 Å². The number of halogens is 2. The molecule has 2 atom stereocenters. The predicted molar refractivity (Wildman–Crippen MR) is 97.9 cm³/mol. The summed E-state index contributed by atoms with van der Waals surface area (Å²) in [5.41, 5.74) is 7.21. The van der Waals surface area contributed by atoms with Crippen molar-refractivity contribution in [2.24, 2.45) is 11.1 Å². The van der Waals surface area contributed by atoms with Gasteiger partial charge in [-0.05, 0) is 48.2 Å². The van der Waals surface area contributed by atoms with Crippen LogP contribution in [0.25, 0.3) is 11.1 Å². The highest BCUT2D eigenvalue weighted by Crippen LogP contribution is 2.32. The van der Waals surface area contributed by atoms with Crippen molar-refractivity contribution < 1.29 is 19.0 Å². The van der Waals surface area contributed by atoms with Gasteiger partial charge >= 0.3 is 5.97 Å². The SMILES string of the molecule is NC(Cc1ccc(-c2cc(Cl)ccc2F)cc1)CC1(CO)C=COC1=O. The van der Waals surface area contributed by atoms with Crippen molar-refractivity contribution >= 4 is 17.6 Å². The summed E-state index contributed by atoms with van der Waals surface area (Å²) in [6.07, 6.45) is 3.64. The van der Waals surface area contributed by atoms with Crippen molar-refractivity contribution in [1.82, 2.24) is 0 Å². The van der Waals surface area contributed by atoms with E-state index in [9.17, 15) is 14.3 Å². The van der Waals surface area contributed by atoms with E-state index in [1.54, 1.807) is 12.1 Å². The van der Waals surface area contributed by atoms with Crippen LogP contribution in [-0.4, -0.2) is 23.7 Å². The summed E-state index contributed by atoms with van der Waals surface area (Å²) in [5, 5.41) is 10.0. The molecule has 2 aromatic carbocycles. The zero-order chi connectivity index (χ0) is 18.7. The topological polar surface area (TPSA) is 72.6 Å². The molecule has 0 aliphatic carbocycles. The van der Waals surface area contributed by atoms with Crippen molar-refractivity contribution in [1.29, 1.82) is 0 Å². The second kappa shape index (κ2) is 7.58. The van der Waals surface area contributed by atoms with Crippen LogP contribution < -0.4 is 5.73 Å². The van der Waals surface area contributed by atoms with E-state index < -0.39 is 11.4 Å². The quantitative estimate of drug-likeness (QED) is 0.758. The van der Waals surface area contributed by atoms with E-state index in [-0.39, 0.29) is 24.9 Å². The summed E-state index contributed by atoms with van der Waals surface area (Å²) in [4.78, 5) is 11.8. The van der Waals surface area contributed by atoms with Crippen molar-refractivity contribution in [3.05, 3.63) is 71.2 Å². The minimum atomic E-state index is -1.07. The molecular formula is C20H19ClFNO3. The molecule has 1 heterocycles. The van der Waals surface area contributed by atoms with Crippen LogP contribution in [0.3, 0.4) is 0 Å². The van der Waals surface area contributed by atoms with Gasteiger partial charge in [-0.25, -0.2) is 4.39 Å². The maximum absolute atomic E-state index is 14.0. The largest absolute Gasteiger partial charge is 0.434 e. The van der Waals surface area contributed by atoms with Gasteiger partial charge < -0.3 is 15.6 Å². The first kappa shape index (κ1) is 18.6. The smallest absolute Gasteiger partial charge is 0.323 e. The van der Waals surface area contributed by atoms with Crippen LogP contribution in [0.15, 0.2) is 54.8 Å². The Morgan fingerprint density at radius 1 is 1.23 bits per heavy atom. The molecule has 0 spiro atoms. The Hall–Kier alpha value is -2.21. The molecule has 136 valence electrons. The number of hydrogen-bond donors (Lipinski definition) is 2. The van der Waals surface area contributed by atoms with Gasteiger partial charge in [0, 0.05) is 16.6 Å². The average Bonchev–Trinajstić information content (AvgIpc) is 2.98. The van der Waals surface area contributed by atoms with Crippen molar-refractivity contribution in [2.75, 3.05) is 6.61 Å². The monoisotopic (exact) mass is 375 g/mol. The molecule has 0 aromatic heterocycles. The van der Waals surface area contributed by atoms with Gasteiger partial charge in [0.1, 0.15) is 11.2 Å². The summed E-state index contributed by atoms with van der Waals surface area (Å²) in [6, 6.07) is 11.4. The second-order valence-corrected chi connectivity index (χ2v) is 6.95. The molecule has 0 fully saturated rings. The van der Waals surface area contributed by atoms with E-state index in [0.717, 1.165) is 11.1 Å². The highest BCUT2D eigenvalue weighted by Gasteiger charge is 2.41. The van der Waals surface area contributed by atoms with Gasteiger partial charge in [-0.15, -0.1) is 0 Å². The van der Waals surface area contributed by atoms with E-state index in [1.807, 2.05) is 24.3 Å². The first-order valence-electron chi connectivity index (χ1n) is 8.23. The number of carbonyl (C=O) groups excluding carboxylic acids is 1. The molecule has 0 saturated carbocycles. The van der Waals surface area contributed by atoms with E-state index in [0.29, 0.717) is 17.0 Å². The molecule has 1 aliphatic heterocycles. The Bertz CT molecular complexity index is 837. The highest BCUT2D eigenvalue weighted by molar-refractivity contribution is 6.30. The van der Waals surface area contributed by atoms with E-state index in [4.69, 9.17) is 22.1 Å². The number of carbonyl (C=O) groups is 1. The number of cyclic esters (lactones) is 1. The van der Waals surface area contributed by atoms with E-state index in [1.165, 1.54) is 18.4 Å². The molecule has 1 aliphatic rings. The van der Waals surface area contributed by atoms with Gasteiger partial charge in [0.25, 0.3) is 0 Å². The Labute approximate surface area is 156 Å².